The van der Waals surface area contributed by atoms with Crippen LogP contribution in [0.4, 0.5) is 136 Å². The number of rotatable bonds is 17. The molecule has 0 aliphatic heterocycles. The first-order valence-corrected chi connectivity index (χ1v) is 11.7. The predicted molar refractivity (Wildman–Crippen MR) is 101 cm³/mol. The molecule has 0 unspecified atom stereocenters. The molecule has 0 radical (unpaired) electrons. The minimum atomic E-state index is -10.1. The molecule has 0 saturated carbocycles. The molecule has 0 bridgehead atoms. The van der Waals surface area contributed by atoms with Gasteiger partial charge in [0.1, 0.15) is 0 Å². The van der Waals surface area contributed by atoms with Gasteiger partial charge in [0.05, 0.1) is 12.9 Å². The van der Waals surface area contributed by atoms with Gasteiger partial charge in [0.25, 0.3) is 0 Å². The Balaban J connectivity index is 7.64. The van der Waals surface area contributed by atoms with Gasteiger partial charge >= 0.3 is 89.1 Å². The van der Waals surface area contributed by atoms with Crippen LogP contribution in [-0.2, 0) is 9.53 Å². The molecule has 2 nitrogen and oxygen atoms in total. The number of ketones is 1. The summed E-state index contributed by atoms with van der Waals surface area (Å²) in [6.07, 6.45) is -9.97. The van der Waals surface area contributed by atoms with Gasteiger partial charge in [0.15, 0.2) is 0 Å². The second-order valence-electron chi connectivity index (χ2n) is 9.66. The first-order valence-electron chi connectivity index (χ1n) is 11.7. The second-order valence-corrected chi connectivity index (χ2v) is 9.66. The Kier molecular flexibility index (Phi) is 12.1. The van der Waals surface area contributed by atoms with Crippen molar-refractivity contribution in [2.45, 2.75) is 96.0 Å². The monoisotopic (exact) mass is 868 g/mol. The zero-order valence-corrected chi connectivity index (χ0v) is 23.4. The lowest BCUT2D eigenvalue weighted by Crippen LogP contribution is -2.79. The summed E-state index contributed by atoms with van der Waals surface area (Å²) in [6, 6.07) is 0. The molecule has 0 aromatic heterocycles. The van der Waals surface area contributed by atoms with Crippen molar-refractivity contribution < 1.29 is 146 Å². The molecule has 0 aliphatic rings. The Hall–Kier alpha value is -2.96. The van der Waals surface area contributed by atoms with E-state index in [0.29, 0.717) is 0 Å². The van der Waals surface area contributed by atoms with Crippen LogP contribution in [0.5, 0.6) is 0 Å². The summed E-state index contributed by atoms with van der Waals surface area (Å²) in [7, 11) is 0. The van der Waals surface area contributed by atoms with E-state index in [0.717, 1.165) is 6.92 Å². The minimum Gasteiger partial charge on any atom is -0.501 e. The predicted octanol–water partition coefficient (Wildman–Crippen LogP) is 10.6. The van der Waals surface area contributed by atoms with Crippen molar-refractivity contribution in [1.29, 1.82) is 0 Å². The Labute approximate surface area is 267 Å². The van der Waals surface area contributed by atoms with Crippen LogP contribution >= 0.6 is 0 Å². The van der Waals surface area contributed by atoms with Crippen LogP contribution in [0.15, 0.2) is 12.3 Å². The van der Waals surface area contributed by atoms with Gasteiger partial charge in [-0.25, -0.2) is 0 Å². The number of carbonyl (C=O) groups is 1. The zero-order chi connectivity index (χ0) is 43.9. The summed E-state index contributed by atoms with van der Waals surface area (Å²) in [5.41, 5.74) is 0. The molecule has 316 valence electrons. The van der Waals surface area contributed by atoms with Crippen molar-refractivity contribution in [3.05, 3.63) is 12.3 Å². The van der Waals surface area contributed by atoms with Gasteiger partial charge in [0, 0.05) is 6.08 Å². The van der Waals surface area contributed by atoms with Crippen molar-refractivity contribution in [3.63, 3.8) is 0 Å². The number of hydrogen-bond donors (Lipinski definition) is 0. The van der Waals surface area contributed by atoms with Crippen LogP contribution in [0.25, 0.3) is 0 Å². The minimum absolute atomic E-state index is 0.480. The zero-order valence-electron chi connectivity index (χ0n) is 23.4. The molecular weight excluding hydrogens is 861 g/mol. The van der Waals surface area contributed by atoms with Gasteiger partial charge in [-0.3, -0.25) is 4.79 Å². The molecule has 0 amide bonds. The van der Waals surface area contributed by atoms with E-state index in [4.69, 9.17) is 0 Å². The number of halogens is 31. The maximum atomic E-state index is 13.9. The highest BCUT2D eigenvalue weighted by Crippen LogP contribution is 2.69. The maximum Gasteiger partial charge on any atom is 0.460 e. The molecule has 0 spiro atoms. The van der Waals surface area contributed by atoms with E-state index >= 15 is 0 Å². The van der Waals surface area contributed by atoms with E-state index in [2.05, 4.69) is 4.74 Å². The van der Waals surface area contributed by atoms with E-state index in [1.54, 1.807) is 0 Å². The molecule has 33 heteroatoms. The SMILES string of the molecule is CCO/C=C/C(=O)C(F)(F)C(F)(F)C(F)(F)C(F)(F)C(F)(F)C(F)(F)C(F)(F)C(F)(F)C(F)(F)C(F)(F)C(F)(F)C(F)(F)C(F)(F)C(F)(F)C(F)(F)F. The molecule has 53 heavy (non-hydrogen) atoms. The van der Waals surface area contributed by atoms with Crippen molar-refractivity contribution in [2.24, 2.45) is 0 Å². The van der Waals surface area contributed by atoms with Gasteiger partial charge < -0.3 is 4.74 Å². The lowest BCUT2D eigenvalue weighted by Gasteiger charge is -2.46. The van der Waals surface area contributed by atoms with Gasteiger partial charge in [0.2, 0.25) is 5.78 Å². The van der Waals surface area contributed by atoms with E-state index < -0.39 is 114 Å². The third kappa shape index (κ3) is 6.04. The number of ether oxygens (including phenoxy) is 1. The largest absolute Gasteiger partial charge is 0.501 e. The van der Waals surface area contributed by atoms with Gasteiger partial charge in [-0.15, -0.1) is 0 Å². The average Bonchev–Trinajstić information content (AvgIpc) is 2.94. The third-order valence-corrected chi connectivity index (χ3v) is 6.27. The highest BCUT2D eigenvalue weighted by atomic mass is 19.4. The standard InChI is InChI=1S/C20H7F31O2/c1-2-53-4-3-5(52)6(21,22)7(23,24)8(25,26)9(27,28)10(29,30)11(31,32)12(33,34)13(35,36)14(37,38)15(39,40)16(41,42)17(43,44)18(45,46)19(47,48)20(49,50)51/h3-4H,2H2,1H3/b4-3+. The molecule has 0 saturated heterocycles. The Morgan fingerprint density at radius 1 is 0.358 bits per heavy atom. The van der Waals surface area contributed by atoms with Gasteiger partial charge in [-0.05, 0) is 6.92 Å². The molecule has 0 aromatic rings. The first-order chi connectivity index (χ1) is 22.5. The lowest BCUT2D eigenvalue weighted by molar-refractivity contribution is -0.488. The van der Waals surface area contributed by atoms with Crippen molar-refractivity contribution in [3.8, 4) is 0 Å². The summed E-state index contributed by atoms with van der Waals surface area (Å²) >= 11 is 0. The first kappa shape index (κ1) is 50.0. The fourth-order valence-corrected chi connectivity index (χ4v) is 3.01. The highest BCUT2D eigenvalue weighted by molar-refractivity contribution is 5.96. The van der Waals surface area contributed by atoms with Crippen LogP contribution in [-0.4, -0.2) is 101 Å². The van der Waals surface area contributed by atoms with E-state index in [1.165, 1.54) is 0 Å². The summed E-state index contributed by atoms with van der Waals surface area (Å²) < 4.78 is 422. The van der Waals surface area contributed by atoms with Crippen LogP contribution in [0.2, 0.25) is 0 Å². The van der Waals surface area contributed by atoms with E-state index in [1.807, 2.05) is 0 Å². The van der Waals surface area contributed by atoms with Gasteiger partial charge in [-0.1, -0.05) is 0 Å². The van der Waals surface area contributed by atoms with Crippen LogP contribution in [0.1, 0.15) is 6.92 Å². The molecule has 0 heterocycles. The average molecular weight is 868 g/mol. The molecule has 0 aliphatic carbocycles. The summed E-state index contributed by atoms with van der Waals surface area (Å²) in [5, 5.41) is 0. The second kappa shape index (κ2) is 12.8. The normalized spacial score (nSPS) is 16.8. The molecule has 0 fully saturated rings. The molecule has 0 N–H and O–H groups in total. The summed E-state index contributed by atoms with van der Waals surface area (Å²) in [6.45, 7) is 0.125. The molecular formula is C20H7F31O2. The van der Waals surface area contributed by atoms with Crippen LogP contribution in [0.3, 0.4) is 0 Å². The molecule has 0 atom stereocenters. The number of allylic oxidation sites excluding steroid dienone is 1. The van der Waals surface area contributed by atoms with Crippen molar-refractivity contribution in [2.75, 3.05) is 6.61 Å². The molecule has 0 rings (SSSR count). The van der Waals surface area contributed by atoms with E-state index in [-0.39, 0.29) is 0 Å². The van der Waals surface area contributed by atoms with Gasteiger partial charge in [-0.2, -0.15) is 136 Å². The number of alkyl halides is 31. The summed E-state index contributed by atoms with van der Waals surface area (Å²) in [4.78, 5) is 11.1. The summed E-state index contributed by atoms with van der Waals surface area (Å²) in [5.74, 6) is -137. The fourth-order valence-electron chi connectivity index (χ4n) is 3.01. The topological polar surface area (TPSA) is 26.3 Å². The number of hydrogen-bond acceptors (Lipinski definition) is 2. The smallest absolute Gasteiger partial charge is 0.460 e. The Morgan fingerprint density at radius 2 is 0.547 bits per heavy atom. The van der Waals surface area contributed by atoms with Crippen LogP contribution < -0.4 is 0 Å². The fraction of sp³-hybridized carbons (Fsp3) is 0.850. The van der Waals surface area contributed by atoms with Crippen molar-refractivity contribution in [1.82, 2.24) is 0 Å². The Bertz CT molecular complexity index is 1370. The third-order valence-electron chi connectivity index (χ3n) is 6.27. The quantitative estimate of drug-likeness (QED) is 0.0827. The van der Waals surface area contributed by atoms with Crippen molar-refractivity contribution >= 4 is 5.78 Å². The maximum absolute atomic E-state index is 13.9. The molecule has 0 aromatic carbocycles. The highest BCUT2D eigenvalue weighted by Gasteiger charge is 3.01. The number of carbonyl (C=O) groups excluding carboxylic acids is 1. The lowest BCUT2D eigenvalue weighted by atomic mass is 9.83. The van der Waals surface area contributed by atoms with E-state index in [9.17, 15) is 141 Å². The Morgan fingerprint density at radius 3 is 0.736 bits per heavy atom. The van der Waals surface area contributed by atoms with Crippen LogP contribution in [0, 0.1) is 0 Å².